The van der Waals surface area contributed by atoms with Crippen molar-refractivity contribution in [1.29, 1.82) is 0 Å². The minimum Gasteiger partial charge on any atom is -0.480 e. The van der Waals surface area contributed by atoms with Crippen molar-refractivity contribution in [2.24, 2.45) is 0 Å². The Morgan fingerprint density at radius 2 is 2.29 bits per heavy atom. The first-order valence-electron chi connectivity index (χ1n) is 6.39. The van der Waals surface area contributed by atoms with Crippen molar-refractivity contribution in [3.63, 3.8) is 0 Å². The summed E-state index contributed by atoms with van der Waals surface area (Å²) in [7, 11) is 1.47. The van der Waals surface area contributed by atoms with E-state index in [4.69, 9.17) is 14.3 Å². The molecule has 2 atom stereocenters. The van der Waals surface area contributed by atoms with Gasteiger partial charge in [-0.05, 0) is 12.1 Å². The van der Waals surface area contributed by atoms with Crippen molar-refractivity contribution in [2.45, 2.75) is 18.6 Å². The maximum atomic E-state index is 12.1. The Morgan fingerprint density at radius 1 is 1.52 bits per heavy atom. The molecule has 21 heavy (non-hydrogen) atoms. The van der Waals surface area contributed by atoms with E-state index in [1.807, 2.05) is 0 Å². The Balaban J connectivity index is 1.93. The van der Waals surface area contributed by atoms with Gasteiger partial charge in [0.15, 0.2) is 5.76 Å². The maximum Gasteiger partial charge on any atom is 0.326 e. The number of carboxylic acids is 1. The zero-order valence-electron chi connectivity index (χ0n) is 11.4. The predicted octanol–water partition coefficient (Wildman–Crippen LogP) is -0.290. The number of furan rings is 1. The summed E-state index contributed by atoms with van der Waals surface area (Å²) in [5.41, 5.74) is 0. The molecular formula is C13H16N2O6. The molecule has 8 nitrogen and oxygen atoms in total. The number of likely N-dealkylation sites (tertiary alicyclic amines) is 1. The molecule has 1 aliphatic rings. The van der Waals surface area contributed by atoms with Crippen LogP contribution in [0.1, 0.15) is 17.0 Å². The van der Waals surface area contributed by atoms with Crippen molar-refractivity contribution < 1.29 is 28.6 Å². The first kappa shape index (κ1) is 15.0. The van der Waals surface area contributed by atoms with Gasteiger partial charge in [0.1, 0.15) is 6.04 Å². The van der Waals surface area contributed by atoms with Crippen LogP contribution in [0.15, 0.2) is 22.8 Å². The molecule has 2 unspecified atom stereocenters. The van der Waals surface area contributed by atoms with Crippen LogP contribution in [0.4, 0.5) is 0 Å². The molecule has 1 fully saturated rings. The number of methoxy groups -OCH3 is 1. The second kappa shape index (κ2) is 6.40. The van der Waals surface area contributed by atoms with Gasteiger partial charge >= 0.3 is 5.97 Å². The average molecular weight is 296 g/mol. The van der Waals surface area contributed by atoms with Gasteiger partial charge in [-0.2, -0.15) is 0 Å². The van der Waals surface area contributed by atoms with E-state index in [-0.39, 0.29) is 31.4 Å². The SMILES string of the molecule is COC1CC(C(=O)O)N(C(=O)CNC(=O)c2ccco2)C1. The van der Waals surface area contributed by atoms with Gasteiger partial charge in [-0.25, -0.2) is 4.79 Å². The number of carboxylic acid groups (broad SMARTS) is 1. The lowest BCUT2D eigenvalue weighted by Crippen LogP contribution is -2.45. The molecule has 2 heterocycles. The number of hydrogen-bond donors (Lipinski definition) is 2. The Bertz CT molecular complexity index is 527. The van der Waals surface area contributed by atoms with Gasteiger partial charge in [0.25, 0.3) is 5.91 Å². The van der Waals surface area contributed by atoms with Gasteiger partial charge in [-0.1, -0.05) is 0 Å². The molecule has 1 aromatic heterocycles. The fourth-order valence-electron chi connectivity index (χ4n) is 2.23. The van der Waals surface area contributed by atoms with Crippen LogP contribution in [0.25, 0.3) is 0 Å². The van der Waals surface area contributed by atoms with Gasteiger partial charge in [0.05, 0.1) is 18.9 Å². The third-order valence-electron chi connectivity index (χ3n) is 3.35. The fourth-order valence-corrected chi connectivity index (χ4v) is 2.23. The van der Waals surface area contributed by atoms with Gasteiger partial charge in [0, 0.05) is 20.1 Å². The number of hydrogen-bond acceptors (Lipinski definition) is 5. The van der Waals surface area contributed by atoms with Crippen LogP contribution < -0.4 is 5.32 Å². The number of amides is 2. The molecule has 8 heteroatoms. The third kappa shape index (κ3) is 3.40. The first-order chi connectivity index (χ1) is 10.0. The first-order valence-corrected chi connectivity index (χ1v) is 6.39. The molecule has 0 aliphatic carbocycles. The molecule has 0 spiro atoms. The molecule has 2 N–H and O–H groups in total. The van der Waals surface area contributed by atoms with E-state index in [2.05, 4.69) is 5.32 Å². The quantitative estimate of drug-likeness (QED) is 0.773. The molecule has 1 aliphatic heterocycles. The van der Waals surface area contributed by atoms with Crippen LogP contribution in [0.3, 0.4) is 0 Å². The summed E-state index contributed by atoms with van der Waals surface area (Å²) in [5.74, 6) is -1.99. The minimum atomic E-state index is -1.08. The Labute approximate surface area is 120 Å². The van der Waals surface area contributed by atoms with Crippen LogP contribution in [-0.4, -0.2) is 60.1 Å². The summed E-state index contributed by atoms with van der Waals surface area (Å²) in [6.45, 7) is -0.0946. The number of nitrogens with zero attached hydrogens (tertiary/aromatic N) is 1. The van der Waals surface area contributed by atoms with Crippen molar-refractivity contribution in [3.8, 4) is 0 Å². The lowest BCUT2D eigenvalue weighted by molar-refractivity contribution is -0.147. The summed E-state index contributed by atoms with van der Waals surface area (Å²) in [6, 6.07) is 2.10. The number of carbonyl (C=O) groups is 3. The van der Waals surface area contributed by atoms with E-state index in [1.54, 1.807) is 6.07 Å². The highest BCUT2D eigenvalue weighted by molar-refractivity contribution is 5.94. The minimum absolute atomic E-state index is 0.0915. The second-order valence-electron chi connectivity index (χ2n) is 4.65. The van der Waals surface area contributed by atoms with Crippen molar-refractivity contribution in [3.05, 3.63) is 24.2 Å². The predicted molar refractivity (Wildman–Crippen MR) is 69.6 cm³/mol. The van der Waals surface area contributed by atoms with Gasteiger partial charge in [0.2, 0.25) is 5.91 Å². The normalized spacial score (nSPS) is 21.3. The third-order valence-corrected chi connectivity index (χ3v) is 3.35. The molecule has 0 saturated carbocycles. The van der Waals surface area contributed by atoms with E-state index in [9.17, 15) is 14.4 Å². The van der Waals surface area contributed by atoms with E-state index in [0.29, 0.717) is 0 Å². The van der Waals surface area contributed by atoms with Crippen LogP contribution in [-0.2, 0) is 14.3 Å². The van der Waals surface area contributed by atoms with Crippen molar-refractivity contribution in [1.82, 2.24) is 10.2 Å². The number of aliphatic carboxylic acids is 1. The van der Waals surface area contributed by atoms with E-state index in [0.717, 1.165) is 0 Å². The highest BCUT2D eigenvalue weighted by Crippen LogP contribution is 2.20. The summed E-state index contributed by atoms with van der Waals surface area (Å²) in [6.07, 6.45) is 1.28. The largest absolute Gasteiger partial charge is 0.480 e. The standard InChI is InChI=1S/C13H16N2O6/c1-20-8-5-9(13(18)19)15(7-8)11(16)6-14-12(17)10-3-2-4-21-10/h2-4,8-9H,5-7H2,1H3,(H,14,17)(H,18,19). The van der Waals surface area contributed by atoms with Crippen LogP contribution >= 0.6 is 0 Å². The van der Waals surface area contributed by atoms with Gasteiger partial charge < -0.3 is 24.5 Å². The zero-order valence-corrected chi connectivity index (χ0v) is 11.4. The molecule has 0 radical (unpaired) electrons. The maximum absolute atomic E-state index is 12.1. The molecule has 2 amide bonds. The van der Waals surface area contributed by atoms with Crippen LogP contribution in [0.5, 0.6) is 0 Å². The summed E-state index contributed by atoms with van der Waals surface area (Å²) in [5, 5.41) is 11.5. The number of carbonyl (C=O) groups excluding carboxylic acids is 2. The number of nitrogens with one attached hydrogen (secondary N) is 1. The molecule has 0 aromatic carbocycles. The highest BCUT2D eigenvalue weighted by Gasteiger charge is 2.39. The van der Waals surface area contributed by atoms with E-state index in [1.165, 1.54) is 24.3 Å². The lowest BCUT2D eigenvalue weighted by Gasteiger charge is -2.21. The van der Waals surface area contributed by atoms with Gasteiger partial charge in [-0.3, -0.25) is 9.59 Å². The molecule has 1 aromatic rings. The summed E-state index contributed by atoms with van der Waals surface area (Å²) in [4.78, 5) is 36.1. The Kier molecular flexibility index (Phi) is 4.59. The summed E-state index contributed by atoms with van der Waals surface area (Å²) >= 11 is 0. The monoisotopic (exact) mass is 296 g/mol. The fraction of sp³-hybridized carbons (Fsp3) is 0.462. The zero-order chi connectivity index (χ0) is 15.4. The molecule has 114 valence electrons. The smallest absolute Gasteiger partial charge is 0.326 e. The molecule has 0 bridgehead atoms. The lowest BCUT2D eigenvalue weighted by atomic mass is 10.2. The van der Waals surface area contributed by atoms with Crippen molar-refractivity contribution in [2.75, 3.05) is 20.2 Å². The van der Waals surface area contributed by atoms with E-state index < -0.39 is 23.8 Å². The Morgan fingerprint density at radius 3 is 2.86 bits per heavy atom. The van der Waals surface area contributed by atoms with Gasteiger partial charge in [-0.15, -0.1) is 0 Å². The molecule has 2 rings (SSSR count). The number of rotatable bonds is 5. The Hall–Kier alpha value is -2.35. The average Bonchev–Trinajstić information content (AvgIpc) is 3.12. The highest BCUT2D eigenvalue weighted by atomic mass is 16.5. The van der Waals surface area contributed by atoms with Crippen LogP contribution in [0.2, 0.25) is 0 Å². The second-order valence-corrected chi connectivity index (χ2v) is 4.65. The number of ether oxygens (including phenoxy) is 1. The van der Waals surface area contributed by atoms with E-state index >= 15 is 0 Å². The van der Waals surface area contributed by atoms with Crippen LogP contribution in [0, 0.1) is 0 Å². The topological polar surface area (TPSA) is 109 Å². The summed E-state index contributed by atoms with van der Waals surface area (Å²) < 4.78 is 9.99. The molecule has 1 saturated heterocycles. The van der Waals surface area contributed by atoms with Crippen molar-refractivity contribution >= 4 is 17.8 Å². The molecular weight excluding hydrogens is 280 g/mol.